The molecule has 0 saturated heterocycles. The average molecular weight is 490 g/mol. The number of aryl methyl sites for hydroxylation is 4. The van der Waals surface area contributed by atoms with E-state index < -0.39 is 11.5 Å². The maximum atomic E-state index is 11.8. The number of H-pyrrole nitrogens is 1. The lowest BCUT2D eigenvalue weighted by Gasteiger charge is -2.21. The third kappa shape index (κ3) is 3.45. The molecule has 0 saturated carbocycles. The molecule has 0 aliphatic heterocycles. The molecule has 7 rings (SSSR count). The normalized spacial score (nSPS) is 13.4. The monoisotopic (exact) mass is 490 g/mol. The van der Waals surface area contributed by atoms with Crippen molar-refractivity contribution in [2.24, 2.45) is 0 Å². The molecule has 37 heavy (non-hydrogen) atoms. The van der Waals surface area contributed by atoms with Crippen molar-refractivity contribution in [3.63, 3.8) is 0 Å². The number of carboxylic acids is 1. The van der Waals surface area contributed by atoms with E-state index in [1.54, 1.807) is 6.07 Å². The third-order valence-electron chi connectivity index (χ3n) is 6.88. The first-order valence-electron chi connectivity index (χ1n) is 11.8. The number of aromatic carboxylic acids is 1. The number of aromatic nitrogens is 6. The van der Waals surface area contributed by atoms with Crippen molar-refractivity contribution in [3.8, 4) is 40.2 Å². The summed E-state index contributed by atoms with van der Waals surface area (Å²) in [4.78, 5) is 48.9. The molecule has 2 aliphatic carbocycles. The number of carbonyl (C=O) groups is 1. The molecule has 10 nitrogen and oxygen atoms in total. The number of rotatable bonds is 2. The summed E-state index contributed by atoms with van der Waals surface area (Å²) in [5.74, 6) is -1.29. The first-order chi connectivity index (χ1) is 17.9. The van der Waals surface area contributed by atoms with E-state index >= 15 is 0 Å². The highest BCUT2D eigenvalue weighted by molar-refractivity contribution is 5.88. The van der Waals surface area contributed by atoms with Gasteiger partial charge in [0, 0.05) is 5.39 Å². The summed E-state index contributed by atoms with van der Waals surface area (Å²) in [6.07, 6.45) is 3.16. The van der Waals surface area contributed by atoms with Crippen LogP contribution >= 0.6 is 0 Å². The zero-order chi connectivity index (χ0) is 25.3. The number of fused-ring (bicyclic) bond motifs is 7. The zero-order valence-electron chi connectivity index (χ0n) is 19.3. The van der Waals surface area contributed by atoms with Gasteiger partial charge in [-0.2, -0.15) is 4.98 Å². The predicted octanol–water partition coefficient (Wildman–Crippen LogP) is 3.11. The molecule has 0 aromatic carbocycles. The van der Waals surface area contributed by atoms with Crippen LogP contribution in [0.15, 0.2) is 47.3 Å². The summed E-state index contributed by atoms with van der Waals surface area (Å²) < 4.78 is 0. The van der Waals surface area contributed by atoms with Gasteiger partial charge >= 0.3 is 5.97 Å². The zero-order valence-corrected chi connectivity index (χ0v) is 19.3. The summed E-state index contributed by atoms with van der Waals surface area (Å²) in [7, 11) is 0. The van der Waals surface area contributed by atoms with Gasteiger partial charge in [0.1, 0.15) is 11.4 Å². The minimum Gasteiger partial charge on any atom is -0.493 e. The van der Waals surface area contributed by atoms with Crippen molar-refractivity contribution in [1.29, 1.82) is 0 Å². The molecule has 180 valence electrons. The van der Waals surface area contributed by atoms with Crippen LogP contribution in [0.4, 0.5) is 0 Å². The van der Waals surface area contributed by atoms with Crippen molar-refractivity contribution in [2.75, 3.05) is 0 Å². The molecule has 0 unspecified atom stereocenters. The van der Waals surface area contributed by atoms with Gasteiger partial charge in [0.05, 0.1) is 28.8 Å². The maximum absolute atomic E-state index is 11.8. The Bertz CT molecular complexity index is 1860. The maximum Gasteiger partial charge on any atom is 0.354 e. The average Bonchev–Trinajstić information content (AvgIpc) is 2.89. The highest BCUT2D eigenvalue weighted by Crippen LogP contribution is 2.37. The summed E-state index contributed by atoms with van der Waals surface area (Å²) in [6, 6.07) is 12.2. The SMILES string of the molecule is O=C(O)c1ccc2c(n1)-c1nc3nc4c(cc3cc1CC2)CCc1ccc(-c2nc(O)cc(=O)[nH]2)nc1-4. The number of aromatic hydroxyl groups is 1. The molecule has 5 aromatic rings. The lowest BCUT2D eigenvalue weighted by Crippen LogP contribution is -2.13. The minimum absolute atomic E-state index is 0.0175. The Morgan fingerprint density at radius 2 is 1.32 bits per heavy atom. The fourth-order valence-corrected chi connectivity index (χ4v) is 5.13. The van der Waals surface area contributed by atoms with Crippen molar-refractivity contribution >= 4 is 17.0 Å². The second-order valence-electron chi connectivity index (χ2n) is 9.20. The van der Waals surface area contributed by atoms with Gasteiger partial charge < -0.3 is 15.2 Å². The summed E-state index contributed by atoms with van der Waals surface area (Å²) in [5.41, 5.74) is 7.12. The number of hydrogen-bond acceptors (Lipinski definition) is 8. The second kappa shape index (κ2) is 7.76. The molecule has 5 aromatic heterocycles. The molecule has 5 heterocycles. The molecule has 3 N–H and O–H groups in total. The van der Waals surface area contributed by atoms with E-state index in [-0.39, 0.29) is 17.4 Å². The topological polar surface area (TPSA) is 155 Å². The second-order valence-corrected chi connectivity index (χ2v) is 9.20. The number of nitrogens with one attached hydrogen (secondary N) is 1. The fourth-order valence-electron chi connectivity index (χ4n) is 5.13. The van der Waals surface area contributed by atoms with Crippen LogP contribution in [0, 0.1) is 0 Å². The standard InChI is InChI=1S/C27H18N6O4/c34-19-11-20(35)31-26(30-19)17-7-5-12-1-3-14-9-16-10-15-4-2-13-6-8-18(27(36)37)29-22(13)24(15)33-25(16)32-23(14)21(12)28-17/h5-11H,1-4H2,(H,36,37)(H2,30,31,34,35). The largest absolute Gasteiger partial charge is 0.493 e. The lowest BCUT2D eigenvalue weighted by molar-refractivity contribution is 0.0690. The molecule has 2 aliphatic rings. The predicted molar refractivity (Wildman–Crippen MR) is 133 cm³/mol. The van der Waals surface area contributed by atoms with Crippen LogP contribution < -0.4 is 5.56 Å². The molecule has 0 radical (unpaired) electrons. The number of hydrogen-bond donors (Lipinski definition) is 3. The molecule has 0 amide bonds. The van der Waals surface area contributed by atoms with Gasteiger partial charge in [-0.05, 0) is 72.2 Å². The van der Waals surface area contributed by atoms with Gasteiger partial charge in [0.2, 0.25) is 5.88 Å². The van der Waals surface area contributed by atoms with Gasteiger partial charge in [0.15, 0.2) is 11.5 Å². The molecule has 0 bridgehead atoms. The molecular formula is C27H18N6O4. The number of aromatic amines is 1. The van der Waals surface area contributed by atoms with E-state index in [1.807, 2.05) is 12.1 Å². The first-order valence-corrected chi connectivity index (χ1v) is 11.8. The van der Waals surface area contributed by atoms with E-state index in [2.05, 4.69) is 27.1 Å². The number of carboxylic acid groups (broad SMARTS) is 1. The first kappa shape index (κ1) is 21.3. The van der Waals surface area contributed by atoms with Crippen molar-refractivity contribution in [3.05, 3.63) is 80.8 Å². The minimum atomic E-state index is -1.08. The Labute approximate surface area is 208 Å². The summed E-state index contributed by atoms with van der Waals surface area (Å²) in [6.45, 7) is 0. The van der Waals surface area contributed by atoms with Crippen molar-refractivity contribution < 1.29 is 15.0 Å². The number of pyridine rings is 4. The summed E-state index contributed by atoms with van der Waals surface area (Å²) in [5, 5.41) is 20.1. The quantitative estimate of drug-likeness (QED) is 0.338. The van der Waals surface area contributed by atoms with Crippen LogP contribution in [0.3, 0.4) is 0 Å². The van der Waals surface area contributed by atoms with Gasteiger partial charge in [0.25, 0.3) is 5.56 Å². The summed E-state index contributed by atoms with van der Waals surface area (Å²) >= 11 is 0. The van der Waals surface area contributed by atoms with Crippen LogP contribution in [-0.4, -0.2) is 46.1 Å². The van der Waals surface area contributed by atoms with Crippen LogP contribution in [0.2, 0.25) is 0 Å². The van der Waals surface area contributed by atoms with Gasteiger partial charge in [-0.15, -0.1) is 0 Å². The Morgan fingerprint density at radius 1 is 0.730 bits per heavy atom. The molecule has 0 spiro atoms. The number of nitrogens with zero attached hydrogens (tertiary/aromatic N) is 5. The van der Waals surface area contributed by atoms with E-state index in [0.29, 0.717) is 34.1 Å². The van der Waals surface area contributed by atoms with Crippen LogP contribution in [0.1, 0.15) is 32.7 Å². The molecule has 10 heteroatoms. The Balaban J connectivity index is 1.40. The Hall–Kier alpha value is -4.99. The van der Waals surface area contributed by atoms with Crippen LogP contribution in [0.25, 0.3) is 45.3 Å². The molecule has 0 atom stereocenters. The van der Waals surface area contributed by atoms with Gasteiger partial charge in [-0.1, -0.05) is 12.1 Å². The highest BCUT2D eigenvalue weighted by atomic mass is 16.4. The van der Waals surface area contributed by atoms with Crippen molar-refractivity contribution in [2.45, 2.75) is 25.7 Å². The fraction of sp³-hybridized carbons (Fsp3) is 0.148. The van der Waals surface area contributed by atoms with E-state index in [9.17, 15) is 19.8 Å². The highest BCUT2D eigenvalue weighted by Gasteiger charge is 2.25. The molecule has 0 fully saturated rings. The van der Waals surface area contributed by atoms with E-state index in [1.165, 1.54) is 6.07 Å². The molecular weight excluding hydrogens is 472 g/mol. The Kier molecular flexibility index (Phi) is 4.47. The van der Waals surface area contributed by atoms with E-state index in [0.717, 1.165) is 59.4 Å². The lowest BCUT2D eigenvalue weighted by atomic mass is 9.89. The van der Waals surface area contributed by atoms with Gasteiger partial charge in [-0.25, -0.2) is 24.7 Å². The van der Waals surface area contributed by atoms with Gasteiger partial charge in [-0.3, -0.25) is 4.79 Å². The third-order valence-corrected chi connectivity index (χ3v) is 6.88. The smallest absolute Gasteiger partial charge is 0.354 e. The van der Waals surface area contributed by atoms with E-state index in [4.69, 9.17) is 15.0 Å². The van der Waals surface area contributed by atoms with Crippen LogP contribution in [-0.2, 0) is 25.7 Å². The Morgan fingerprint density at radius 3 is 1.97 bits per heavy atom. The van der Waals surface area contributed by atoms with Crippen molar-refractivity contribution in [1.82, 2.24) is 29.9 Å². The van der Waals surface area contributed by atoms with Crippen LogP contribution in [0.5, 0.6) is 5.88 Å².